The Morgan fingerprint density at radius 3 is 2.55 bits per heavy atom. The zero-order chi connectivity index (χ0) is 22.1. The summed E-state index contributed by atoms with van der Waals surface area (Å²) in [5.74, 6) is 0.947. The number of hydrogen-bond acceptors (Lipinski definition) is 5. The summed E-state index contributed by atoms with van der Waals surface area (Å²) in [6.45, 7) is 1.85. The maximum absolute atomic E-state index is 13.1. The first-order valence-electron chi connectivity index (χ1n) is 9.58. The van der Waals surface area contributed by atoms with Gasteiger partial charge in [-0.2, -0.15) is 5.10 Å². The molecule has 0 bridgehead atoms. The fraction of sp³-hybridized carbons (Fsp3) is 0.227. The molecule has 4 rings (SSSR count). The molecule has 3 aromatic rings. The van der Waals surface area contributed by atoms with Crippen LogP contribution in [-0.4, -0.2) is 35.8 Å². The maximum Gasteiger partial charge on any atom is 0.249 e. The normalized spacial score (nSPS) is 15.1. The van der Waals surface area contributed by atoms with Gasteiger partial charge in [-0.15, -0.1) is 0 Å². The lowest BCUT2D eigenvalue weighted by atomic mass is 10.1. The molecule has 160 valence electrons. The number of aromatic nitrogens is 2. The van der Waals surface area contributed by atoms with Crippen molar-refractivity contribution < 1.29 is 19.1 Å². The van der Waals surface area contributed by atoms with Crippen molar-refractivity contribution >= 4 is 34.9 Å². The van der Waals surface area contributed by atoms with E-state index in [2.05, 4.69) is 15.7 Å². The number of benzene rings is 2. The molecular weight excluding hydrogens is 420 g/mol. The summed E-state index contributed by atoms with van der Waals surface area (Å²) in [7, 11) is 3.06. The molecule has 0 saturated heterocycles. The van der Waals surface area contributed by atoms with Gasteiger partial charge in [0, 0.05) is 40.0 Å². The molecule has 0 spiro atoms. The molecular formula is C22H21ClN4O4. The average Bonchev–Trinajstić information content (AvgIpc) is 3.09. The van der Waals surface area contributed by atoms with Crippen molar-refractivity contribution in [3.63, 3.8) is 0 Å². The van der Waals surface area contributed by atoms with E-state index in [1.165, 1.54) is 14.2 Å². The summed E-state index contributed by atoms with van der Waals surface area (Å²) < 4.78 is 12.1. The number of methoxy groups -OCH3 is 2. The van der Waals surface area contributed by atoms with Gasteiger partial charge in [0.15, 0.2) is 0 Å². The van der Waals surface area contributed by atoms with Crippen LogP contribution in [-0.2, 0) is 9.59 Å². The minimum atomic E-state index is -0.812. The Kier molecular flexibility index (Phi) is 5.56. The van der Waals surface area contributed by atoms with E-state index in [-0.39, 0.29) is 18.2 Å². The molecule has 2 aromatic carbocycles. The van der Waals surface area contributed by atoms with Crippen LogP contribution in [0.4, 0.5) is 11.5 Å². The van der Waals surface area contributed by atoms with E-state index >= 15 is 0 Å². The van der Waals surface area contributed by atoms with E-state index in [4.69, 9.17) is 21.1 Å². The van der Waals surface area contributed by atoms with Gasteiger partial charge in [-0.25, -0.2) is 4.68 Å². The second kappa shape index (κ2) is 8.31. The zero-order valence-corrected chi connectivity index (χ0v) is 18.0. The number of halogens is 1. The molecule has 8 nitrogen and oxygen atoms in total. The van der Waals surface area contributed by atoms with Crippen LogP contribution in [0.1, 0.15) is 18.0 Å². The fourth-order valence-corrected chi connectivity index (χ4v) is 3.75. The minimum absolute atomic E-state index is 0.0317. The van der Waals surface area contributed by atoms with Crippen molar-refractivity contribution in [3.8, 4) is 22.8 Å². The third kappa shape index (κ3) is 4.06. The van der Waals surface area contributed by atoms with Crippen LogP contribution in [0.15, 0.2) is 42.5 Å². The Balaban J connectivity index is 1.69. The van der Waals surface area contributed by atoms with Crippen molar-refractivity contribution in [2.45, 2.75) is 19.4 Å². The van der Waals surface area contributed by atoms with Gasteiger partial charge >= 0.3 is 0 Å². The monoisotopic (exact) mass is 440 g/mol. The highest BCUT2D eigenvalue weighted by Gasteiger charge is 2.34. The van der Waals surface area contributed by atoms with Crippen molar-refractivity contribution in [3.05, 3.63) is 53.1 Å². The molecule has 1 aliphatic heterocycles. The first kappa shape index (κ1) is 20.7. The van der Waals surface area contributed by atoms with E-state index in [0.29, 0.717) is 33.7 Å². The summed E-state index contributed by atoms with van der Waals surface area (Å²) in [6, 6.07) is 11.5. The van der Waals surface area contributed by atoms with Gasteiger partial charge in [-0.3, -0.25) is 9.59 Å². The lowest BCUT2D eigenvalue weighted by Crippen LogP contribution is -2.35. The number of amides is 2. The quantitative estimate of drug-likeness (QED) is 0.624. The predicted octanol–water partition coefficient (Wildman–Crippen LogP) is 4.05. The molecule has 2 heterocycles. The number of carbonyl (C=O) groups is 2. The van der Waals surface area contributed by atoms with Crippen LogP contribution in [0.3, 0.4) is 0 Å². The van der Waals surface area contributed by atoms with Crippen LogP contribution in [0.5, 0.6) is 11.5 Å². The van der Waals surface area contributed by atoms with E-state index in [1.54, 1.807) is 35.0 Å². The van der Waals surface area contributed by atoms with Gasteiger partial charge in [-0.05, 0) is 19.1 Å². The first-order chi connectivity index (χ1) is 14.9. The lowest BCUT2D eigenvalue weighted by Gasteiger charge is -2.24. The lowest BCUT2D eigenvalue weighted by molar-refractivity contribution is -0.125. The Morgan fingerprint density at radius 2 is 1.90 bits per heavy atom. The van der Waals surface area contributed by atoms with Crippen LogP contribution in [0.2, 0.25) is 5.02 Å². The molecule has 2 amide bonds. The number of fused-ring (bicyclic) bond motifs is 1. The van der Waals surface area contributed by atoms with E-state index < -0.39 is 6.04 Å². The average molecular weight is 441 g/mol. The van der Waals surface area contributed by atoms with Crippen LogP contribution < -0.4 is 20.1 Å². The number of anilines is 2. The molecule has 1 aliphatic rings. The topological polar surface area (TPSA) is 94.5 Å². The second-order valence-electron chi connectivity index (χ2n) is 7.14. The van der Waals surface area contributed by atoms with Crippen LogP contribution in [0, 0.1) is 6.92 Å². The molecule has 0 radical (unpaired) electrons. The molecule has 0 unspecified atom stereocenters. The second-order valence-corrected chi connectivity index (χ2v) is 7.57. The molecule has 2 N–H and O–H groups in total. The first-order valence-corrected chi connectivity index (χ1v) is 9.96. The predicted molar refractivity (Wildman–Crippen MR) is 118 cm³/mol. The summed E-state index contributed by atoms with van der Waals surface area (Å²) in [4.78, 5) is 25.5. The van der Waals surface area contributed by atoms with E-state index in [9.17, 15) is 9.59 Å². The minimum Gasteiger partial charge on any atom is -0.497 e. The van der Waals surface area contributed by atoms with E-state index in [0.717, 1.165) is 11.1 Å². The van der Waals surface area contributed by atoms with Gasteiger partial charge in [0.2, 0.25) is 11.8 Å². The van der Waals surface area contributed by atoms with Gasteiger partial charge in [-0.1, -0.05) is 23.7 Å². The van der Waals surface area contributed by atoms with E-state index in [1.807, 2.05) is 19.1 Å². The zero-order valence-electron chi connectivity index (χ0n) is 17.2. The Morgan fingerprint density at radius 1 is 1.19 bits per heavy atom. The molecule has 0 saturated carbocycles. The number of carbonyl (C=O) groups excluding carboxylic acids is 2. The summed E-state index contributed by atoms with van der Waals surface area (Å²) >= 11 is 6.13. The third-order valence-electron chi connectivity index (χ3n) is 5.10. The Bertz CT molecular complexity index is 1150. The molecule has 9 heteroatoms. The highest BCUT2D eigenvalue weighted by atomic mass is 35.5. The van der Waals surface area contributed by atoms with Gasteiger partial charge in [0.05, 0.1) is 26.3 Å². The fourth-order valence-electron chi connectivity index (χ4n) is 3.56. The number of ether oxygens (including phenoxy) is 2. The number of rotatable bonds is 5. The standard InChI is InChI=1S/C22H21ClN4O4/c1-12-20(13-5-4-6-14(23)7-13)26-27-18(11-19(28)25-21(12)27)22(29)24-15-8-16(30-2)10-17(9-15)31-3/h4-10,18H,11H2,1-3H3,(H,24,29)(H,25,28)/t18-/m1/s1. The molecule has 31 heavy (non-hydrogen) atoms. The maximum atomic E-state index is 13.1. The highest BCUT2D eigenvalue weighted by molar-refractivity contribution is 6.30. The number of hydrogen-bond donors (Lipinski definition) is 2. The summed E-state index contributed by atoms with van der Waals surface area (Å²) in [6.07, 6.45) is -0.0317. The van der Waals surface area contributed by atoms with Crippen molar-refractivity contribution in [1.82, 2.24) is 9.78 Å². The molecule has 0 fully saturated rings. The SMILES string of the molecule is COc1cc(NC(=O)[C@H]2CC(=O)Nc3c(C)c(-c4cccc(Cl)c4)nn32)cc(OC)c1. The Hall–Kier alpha value is -3.52. The smallest absolute Gasteiger partial charge is 0.249 e. The third-order valence-corrected chi connectivity index (χ3v) is 5.33. The van der Waals surface area contributed by atoms with Gasteiger partial charge in [0.25, 0.3) is 0 Å². The number of nitrogens with zero attached hydrogens (tertiary/aromatic N) is 2. The summed E-state index contributed by atoms with van der Waals surface area (Å²) in [5.41, 5.74) is 2.71. The van der Waals surface area contributed by atoms with Gasteiger partial charge in [0.1, 0.15) is 23.4 Å². The van der Waals surface area contributed by atoms with Crippen molar-refractivity contribution in [2.24, 2.45) is 0 Å². The number of nitrogens with one attached hydrogen (secondary N) is 2. The molecule has 0 aliphatic carbocycles. The van der Waals surface area contributed by atoms with Gasteiger partial charge < -0.3 is 20.1 Å². The molecule has 1 atom stereocenters. The summed E-state index contributed by atoms with van der Waals surface area (Å²) in [5, 5.41) is 10.9. The van der Waals surface area contributed by atoms with Crippen molar-refractivity contribution in [1.29, 1.82) is 0 Å². The molecule has 1 aromatic heterocycles. The Labute approximate surface area is 184 Å². The highest BCUT2D eigenvalue weighted by Crippen LogP contribution is 2.35. The van der Waals surface area contributed by atoms with Crippen LogP contribution in [0.25, 0.3) is 11.3 Å². The van der Waals surface area contributed by atoms with Crippen molar-refractivity contribution in [2.75, 3.05) is 24.9 Å². The largest absolute Gasteiger partial charge is 0.497 e. The van der Waals surface area contributed by atoms with Crippen LogP contribution >= 0.6 is 11.6 Å².